The zero-order valence-corrected chi connectivity index (χ0v) is 9.52. The van der Waals surface area contributed by atoms with Gasteiger partial charge in [-0.25, -0.2) is 0 Å². The van der Waals surface area contributed by atoms with Crippen molar-refractivity contribution in [3.8, 4) is 0 Å². The first-order valence-electron chi connectivity index (χ1n) is 4.34. The summed E-state index contributed by atoms with van der Waals surface area (Å²) in [5.74, 6) is 0. The Bertz CT molecular complexity index is 300. The third kappa shape index (κ3) is 1.54. The van der Waals surface area contributed by atoms with Crippen LogP contribution >= 0.6 is 9.24 Å². The SMILES string of the molecule is Cc1cc(CP)c(C)c(C)c1C. The summed E-state index contributed by atoms with van der Waals surface area (Å²) < 4.78 is 0. The fourth-order valence-corrected chi connectivity index (χ4v) is 1.93. The van der Waals surface area contributed by atoms with E-state index in [1.807, 2.05) is 0 Å². The Labute approximate surface area is 77.6 Å². The Morgan fingerprint density at radius 1 is 1.00 bits per heavy atom. The third-order valence-corrected chi connectivity index (χ3v) is 3.25. The van der Waals surface area contributed by atoms with E-state index in [1.54, 1.807) is 0 Å². The molecule has 0 aromatic heterocycles. The molecule has 1 heteroatoms. The van der Waals surface area contributed by atoms with Crippen molar-refractivity contribution < 1.29 is 0 Å². The number of rotatable bonds is 1. The first kappa shape index (κ1) is 9.74. The van der Waals surface area contributed by atoms with E-state index in [9.17, 15) is 0 Å². The maximum absolute atomic E-state index is 2.79. The van der Waals surface area contributed by atoms with Gasteiger partial charge in [-0.05, 0) is 61.7 Å². The first-order chi connectivity index (χ1) is 5.57. The average Bonchev–Trinajstić information content (AvgIpc) is 2.08. The van der Waals surface area contributed by atoms with E-state index in [1.165, 1.54) is 27.8 Å². The largest absolute Gasteiger partial charge is 0.133 e. The minimum atomic E-state index is 1.06. The highest BCUT2D eigenvalue weighted by atomic mass is 31.0. The lowest BCUT2D eigenvalue weighted by Crippen LogP contribution is -1.95. The molecule has 0 aliphatic carbocycles. The molecule has 12 heavy (non-hydrogen) atoms. The zero-order chi connectivity index (χ0) is 9.30. The van der Waals surface area contributed by atoms with Gasteiger partial charge in [0.2, 0.25) is 0 Å². The molecule has 1 atom stereocenters. The lowest BCUT2D eigenvalue weighted by atomic mass is 9.95. The quantitative estimate of drug-likeness (QED) is 0.582. The van der Waals surface area contributed by atoms with Gasteiger partial charge in [0.1, 0.15) is 0 Å². The van der Waals surface area contributed by atoms with E-state index in [2.05, 4.69) is 43.0 Å². The van der Waals surface area contributed by atoms with Crippen LogP contribution in [0.15, 0.2) is 6.07 Å². The molecule has 0 spiro atoms. The van der Waals surface area contributed by atoms with Crippen LogP contribution in [0.5, 0.6) is 0 Å². The van der Waals surface area contributed by atoms with Crippen LogP contribution in [0.4, 0.5) is 0 Å². The molecular formula is C11H17P. The first-order valence-corrected chi connectivity index (χ1v) is 5.16. The monoisotopic (exact) mass is 180 g/mol. The lowest BCUT2D eigenvalue weighted by Gasteiger charge is -2.12. The van der Waals surface area contributed by atoms with Crippen LogP contribution in [-0.4, -0.2) is 0 Å². The van der Waals surface area contributed by atoms with Gasteiger partial charge >= 0.3 is 0 Å². The van der Waals surface area contributed by atoms with E-state index in [0.29, 0.717) is 0 Å². The van der Waals surface area contributed by atoms with Gasteiger partial charge < -0.3 is 0 Å². The van der Waals surface area contributed by atoms with Crippen LogP contribution < -0.4 is 0 Å². The second-order valence-corrected chi connectivity index (χ2v) is 3.84. The summed E-state index contributed by atoms with van der Waals surface area (Å²) in [5.41, 5.74) is 7.21. The average molecular weight is 180 g/mol. The fraction of sp³-hybridized carbons (Fsp3) is 0.455. The molecule has 1 rings (SSSR count). The van der Waals surface area contributed by atoms with E-state index in [0.717, 1.165) is 6.16 Å². The minimum Gasteiger partial charge on any atom is -0.133 e. The Balaban J connectivity index is 3.39. The normalized spacial score (nSPS) is 10.4. The molecule has 0 saturated carbocycles. The van der Waals surface area contributed by atoms with Crippen molar-refractivity contribution in [3.05, 3.63) is 33.9 Å². The number of benzene rings is 1. The Kier molecular flexibility index (Phi) is 2.90. The summed E-state index contributed by atoms with van der Waals surface area (Å²) in [4.78, 5) is 0. The summed E-state index contributed by atoms with van der Waals surface area (Å²) >= 11 is 0. The second kappa shape index (κ2) is 3.58. The van der Waals surface area contributed by atoms with Gasteiger partial charge in [0.25, 0.3) is 0 Å². The molecule has 0 heterocycles. The van der Waals surface area contributed by atoms with Crippen LogP contribution in [0.25, 0.3) is 0 Å². The molecule has 0 radical (unpaired) electrons. The van der Waals surface area contributed by atoms with E-state index >= 15 is 0 Å². The van der Waals surface area contributed by atoms with Crippen LogP contribution in [0, 0.1) is 27.7 Å². The second-order valence-electron chi connectivity index (χ2n) is 3.43. The summed E-state index contributed by atoms with van der Waals surface area (Å²) in [6, 6.07) is 2.30. The van der Waals surface area contributed by atoms with Crippen molar-refractivity contribution >= 4 is 9.24 Å². The Morgan fingerprint density at radius 3 is 2.08 bits per heavy atom. The van der Waals surface area contributed by atoms with Gasteiger partial charge in [-0.3, -0.25) is 0 Å². The molecule has 0 N–H and O–H groups in total. The van der Waals surface area contributed by atoms with Crippen molar-refractivity contribution in [2.24, 2.45) is 0 Å². The zero-order valence-electron chi connectivity index (χ0n) is 8.36. The molecule has 1 unspecified atom stereocenters. The van der Waals surface area contributed by atoms with Crippen molar-refractivity contribution in [2.45, 2.75) is 33.9 Å². The third-order valence-electron chi connectivity index (χ3n) is 2.81. The summed E-state index contributed by atoms with van der Waals surface area (Å²) in [7, 11) is 2.79. The molecule has 0 fully saturated rings. The van der Waals surface area contributed by atoms with E-state index in [-0.39, 0.29) is 0 Å². The van der Waals surface area contributed by atoms with Crippen molar-refractivity contribution in [1.29, 1.82) is 0 Å². The summed E-state index contributed by atoms with van der Waals surface area (Å²) in [5, 5.41) is 0. The highest BCUT2D eigenvalue weighted by molar-refractivity contribution is 7.15. The predicted molar refractivity (Wildman–Crippen MR) is 58.8 cm³/mol. The molecule has 0 amide bonds. The van der Waals surface area contributed by atoms with Crippen molar-refractivity contribution in [2.75, 3.05) is 0 Å². The minimum absolute atomic E-state index is 1.06. The van der Waals surface area contributed by atoms with Crippen molar-refractivity contribution in [1.82, 2.24) is 0 Å². The van der Waals surface area contributed by atoms with E-state index in [4.69, 9.17) is 0 Å². The van der Waals surface area contributed by atoms with Gasteiger partial charge in [-0.1, -0.05) is 6.07 Å². The summed E-state index contributed by atoms with van der Waals surface area (Å²) in [6.07, 6.45) is 1.06. The Morgan fingerprint density at radius 2 is 1.58 bits per heavy atom. The molecule has 0 bridgehead atoms. The standard InChI is InChI=1S/C11H17P/c1-7-5-11(6-12)10(4)9(3)8(7)2/h5H,6,12H2,1-4H3. The van der Waals surface area contributed by atoms with Crippen LogP contribution in [-0.2, 0) is 6.16 Å². The van der Waals surface area contributed by atoms with Crippen LogP contribution in [0.2, 0.25) is 0 Å². The molecule has 66 valence electrons. The highest BCUT2D eigenvalue weighted by Crippen LogP contribution is 2.22. The van der Waals surface area contributed by atoms with Crippen LogP contribution in [0.1, 0.15) is 27.8 Å². The molecule has 1 aromatic rings. The molecular weight excluding hydrogens is 163 g/mol. The van der Waals surface area contributed by atoms with Crippen molar-refractivity contribution in [3.63, 3.8) is 0 Å². The maximum Gasteiger partial charge on any atom is -0.0126 e. The fourth-order valence-electron chi connectivity index (χ4n) is 1.51. The lowest BCUT2D eigenvalue weighted by molar-refractivity contribution is 1.17. The molecule has 0 aliphatic heterocycles. The van der Waals surface area contributed by atoms with Crippen LogP contribution in [0.3, 0.4) is 0 Å². The molecule has 1 aromatic carbocycles. The van der Waals surface area contributed by atoms with Gasteiger partial charge in [-0.2, -0.15) is 0 Å². The highest BCUT2D eigenvalue weighted by Gasteiger charge is 2.04. The van der Waals surface area contributed by atoms with E-state index < -0.39 is 0 Å². The maximum atomic E-state index is 2.79. The summed E-state index contributed by atoms with van der Waals surface area (Å²) in [6.45, 7) is 8.80. The molecule has 0 aliphatic rings. The number of hydrogen-bond acceptors (Lipinski definition) is 0. The number of hydrogen-bond donors (Lipinski definition) is 0. The van der Waals surface area contributed by atoms with Gasteiger partial charge in [0, 0.05) is 0 Å². The van der Waals surface area contributed by atoms with Gasteiger partial charge in [-0.15, -0.1) is 9.24 Å². The van der Waals surface area contributed by atoms with Gasteiger partial charge in [0.05, 0.1) is 0 Å². The Hall–Kier alpha value is -0.350. The molecule has 0 saturated heterocycles. The smallest absolute Gasteiger partial charge is 0.0126 e. The topological polar surface area (TPSA) is 0 Å². The molecule has 0 nitrogen and oxygen atoms in total. The predicted octanol–water partition coefficient (Wildman–Crippen LogP) is 3.30. The van der Waals surface area contributed by atoms with Gasteiger partial charge in [0.15, 0.2) is 0 Å². The number of aryl methyl sites for hydroxylation is 1.